The predicted octanol–water partition coefficient (Wildman–Crippen LogP) is 2.68. The first-order valence-electron chi connectivity index (χ1n) is 15.6. The van der Waals surface area contributed by atoms with Gasteiger partial charge in [0, 0.05) is 47.6 Å². The molecule has 15 heteroatoms. The number of nitrogens with zero attached hydrogens (tertiary/aromatic N) is 1. The van der Waals surface area contributed by atoms with Gasteiger partial charge in [-0.1, -0.05) is 12.1 Å². The highest BCUT2D eigenvalue weighted by atomic mass is 35.5. The van der Waals surface area contributed by atoms with Crippen LogP contribution in [-0.4, -0.2) is 88.0 Å². The molecule has 0 aromatic heterocycles. The summed E-state index contributed by atoms with van der Waals surface area (Å²) in [5.41, 5.74) is 5.89. The number of fused-ring (bicyclic) bond motifs is 3. The number of phenolic OH excluding ortho intramolecular Hbond substituents is 2. The van der Waals surface area contributed by atoms with Gasteiger partial charge in [0.1, 0.15) is 28.6 Å². The van der Waals surface area contributed by atoms with Crippen LogP contribution in [0, 0.1) is 0 Å². The van der Waals surface area contributed by atoms with Crippen molar-refractivity contribution in [1.82, 2.24) is 5.43 Å². The van der Waals surface area contributed by atoms with Crippen LogP contribution in [0.15, 0.2) is 47.6 Å². The van der Waals surface area contributed by atoms with E-state index in [2.05, 4.69) is 10.5 Å². The second-order valence-corrected chi connectivity index (χ2v) is 12.4. The molecule has 0 bridgehead atoms. The number of carbonyl (C=O) groups is 3. The molecular weight excluding hydrogens is 674 g/mol. The van der Waals surface area contributed by atoms with Crippen molar-refractivity contribution in [1.29, 1.82) is 0 Å². The third kappa shape index (κ3) is 6.19. The van der Waals surface area contributed by atoms with Crippen molar-refractivity contribution in [3.63, 3.8) is 0 Å². The van der Waals surface area contributed by atoms with Crippen LogP contribution in [0.3, 0.4) is 0 Å². The molecule has 50 heavy (non-hydrogen) atoms. The van der Waals surface area contributed by atoms with Gasteiger partial charge in [0.2, 0.25) is 5.78 Å². The molecule has 2 aliphatic carbocycles. The molecule has 1 fully saturated rings. The minimum atomic E-state index is -1.91. The van der Waals surface area contributed by atoms with E-state index in [1.54, 1.807) is 19.1 Å². The van der Waals surface area contributed by atoms with Crippen LogP contribution in [-0.2, 0) is 15.9 Å². The fourth-order valence-corrected chi connectivity index (χ4v) is 6.71. The zero-order valence-electron chi connectivity index (χ0n) is 27.6. The molecule has 3 aromatic rings. The molecule has 14 nitrogen and oxygen atoms in total. The first kappa shape index (κ1) is 36.7. The Morgan fingerprint density at radius 1 is 1.02 bits per heavy atom. The third-order valence-corrected chi connectivity index (χ3v) is 9.49. The highest BCUT2D eigenvalue weighted by Gasteiger charge is 2.49. The number of phenols is 2. The lowest BCUT2D eigenvalue weighted by Crippen LogP contribution is -2.52. The molecule has 1 aliphatic heterocycles. The Kier molecular flexibility index (Phi) is 10.3. The fraction of sp³-hybridized carbons (Fsp3) is 0.371. The highest BCUT2D eigenvalue weighted by Crippen LogP contribution is 2.52. The van der Waals surface area contributed by atoms with E-state index < -0.39 is 76.3 Å². The SMILES string of the molecule is COc1ccc(C(=O)NN=C(C)C2(O)Cc3c(O)c4c(c(O)c3C(OC3CC(N)C(O)C(C)O3)C2)C(=O)c2c(OC)cccc2C4=O)cc1.Cl. The van der Waals surface area contributed by atoms with Crippen molar-refractivity contribution in [2.45, 2.75) is 69.4 Å². The lowest BCUT2D eigenvalue weighted by atomic mass is 9.71. The number of carbonyl (C=O) groups excluding carboxylic acids is 3. The second kappa shape index (κ2) is 14.0. The highest BCUT2D eigenvalue weighted by molar-refractivity contribution is 6.31. The molecule has 3 aliphatic rings. The monoisotopic (exact) mass is 711 g/mol. The van der Waals surface area contributed by atoms with Gasteiger partial charge < -0.3 is 45.1 Å². The van der Waals surface area contributed by atoms with E-state index in [1.807, 2.05) is 0 Å². The number of halogens is 1. The minimum Gasteiger partial charge on any atom is -0.507 e. The van der Waals surface area contributed by atoms with Crippen LogP contribution in [0.5, 0.6) is 23.0 Å². The maximum Gasteiger partial charge on any atom is 0.271 e. The van der Waals surface area contributed by atoms with E-state index in [0.29, 0.717) is 5.75 Å². The number of aliphatic hydroxyl groups is 2. The molecule has 6 atom stereocenters. The van der Waals surface area contributed by atoms with E-state index in [0.717, 1.165) is 0 Å². The van der Waals surface area contributed by atoms with E-state index in [4.69, 9.17) is 24.7 Å². The van der Waals surface area contributed by atoms with E-state index in [1.165, 1.54) is 51.5 Å². The number of hydrogen-bond acceptors (Lipinski definition) is 13. The van der Waals surface area contributed by atoms with Crippen LogP contribution >= 0.6 is 12.4 Å². The van der Waals surface area contributed by atoms with E-state index in [9.17, 15) is 34.8 Å². The van der Waals surface area contributed by atoms with Gasteiger partial charge >= 0.3 is 0 Å². The summed E-state index contributed by atoms with van der Waals surface area (Å²) in [5.74, 6) is -2.62. The van der Waals surface area contributed by atoms with Gasteiger partial charge in [-0.2, -0.15) is 5.10 Å². The number of amides is 1. The normalized spacial score (nSPS) is 25.8. The predicted molar refractivity (Wildman–Crippen MR) is 180 cm³/mol. The summed E-state index contributed by atoms with van der Waals surface area (Å²) >= 11 is 0. The molecule has 0 spiro atoms. The number of nitrogens with two attached hydrogens (primary N) is 1. The number of aromatic hydroxyl groups is 2. The lowest BCUT2D eigenvalue weighted by Gasteiger charge is -2.42. The van der Waals surface area contributed by atoms with Gasteiger partial charge in [-0.05, 0) is 44.2 Å². The Hall–Kier alpha value is -4.57. The largest absolute Gasteiger partial charge is 0.507 e. The van der Waals surface area contributed by atoms with Gasteiger partial charge in [-0.25, -0.2) is 5.43 Å². The molecule has 1 amide bonds. The van der Waals surface area contributed by atoms with Gasteiger partial charge in [-0.15, -0.1) is 12.4 Å². The smallest absolute Gasteiger partial charge is 0.271 e. The maximum absolute atomic E-state index is 13.9. The summed E-state index contributed by atoms with van der Waals surface area (Å²) < 4.78 is 22.6. The molecule has 3 aromatic carbocycles. The summed E-state index contributed by atoms with van der Waals surface area (Å²) in [5, 5.41) is 50.1. The summed E-state index contributed by atoms with van der Waals surface area (Å²) in [7, 11) is 2.84. The van der Waals surface area contributed by atoms with Crippen LogP contribution in [0.2, 0.25) is 0 Å². The summed E-state index contributed by atoms with van der Waals surface area (Å²) in [6.45, 7) is 3.08. The number of hydrogen-bond donors (Lipinski definition) is 6. The summed E-state index contributed by atoms with van der Waals surface area (Å²) in [6, 6.07) is 10.0. The van der Waals surface area contributed by atoms with Crippen LogP contribution in [0.25, 0.3) is 0 Å². The number of ketones is 2. The van der Waals surface area contributed by atoms with Gasteiger partial charge in [0.05, 0.1) is 54.9 Å². The minimum absolute atomic E-state index is 0. The average molecular weight is 712 g/mol. The second-order valence-electron chi connectivity index (χ2n) is 12.4. The van der Waals surface area contributed by atoms with Crippen molar-refractivity contribution in [2.75, 3.05) is 14.2 Å². The Morgan fingerprint density at radius 3 is 2.34 bits per heavy atom. The Morgan fingerprint density at radius 2 is 1.70 bits per heavy atom. The van der Waals surface area contributed by atoms with Crippen molar-refractivity contribution in [3.05, 3.63) is 81.4 Å². The number of ether oxygens (including phenoxy) is 4. The standard InChI is InChI=1S/C35H37N3O11.ClH/c1-15-29(39)21(36)12-24(48-15)49-23-14-35(45,16(2)37-38-34(44)17-8-10-18(46-3)11-9-17)13-20-26(23)33(43)28-27(31(20)41)30(40)19-6-5-7-22(47-4)25(19)32(28)42;/h5-11,15,21,23-24,29,39,41,43,45H,12-14,36H2,1-4H3,(H,38,44);1H. The number of aliphatic hydroxyl groups excluding tert-OH is 1. The molecule has 6 unspecified atom stereocenters. The maximum atomic E-state index is 13.9. The zero-order valence-corrected chi connectivity index (χ0v) is 28.4. The van der Waals surface area contributed by atoms with Crippen LogP contribution < -0.4 is 20.6 Å². The third-order valence-electron chi connectivity index (χ3n) is 9.49. The molecule has 1 heterocycles. The zero-order chi connectivity index (χ0) is 35.4. The van der Waals surface area contributed by atoms with Gasteiger partial charge in [0.15, 0.2) is 12.1 Å². The topological polar surface area (TPSA) is 219 Å². The van der Waals surface area contributed by atoms with Gasteiger partial charge in [0.25, 0.3) is 5.91 Å². The lowest BCUT2D eigenvalue weighted by molar-refractivity contribution is -0.245. The van der Waals surface area contributed by atoms with Crippen molar-refractivity contribution < 1.29 is 53.8 Å². The Balaban J connectivity index is 0.00000486. The average Bonchev–Trinajstić information content (AvgIpc) is 3.09. The molecular formula is C35H38ClN3O11. The van der Waals surface area contributed by atoms with Gasteiger partial charge in [-0.3, -0.25) is 14.4 Å². The van der Waals surface area contributed by atoms with E-state index >= 15 is 0 Å². The van der Waals surface area contributed by atoms with E-state index in [-0.39, 0.29) is 70.9 Å². The van der Waals surface area contributed by atoms with Crippen LogP contribution in [0.4, 0.5) is 0 Å². The molecule has 1 saturated heterocycles. The van der Waals surface area contributed by atoms with Crippen LogP contribution in [0.1, 0.15) is 86.1 Å². The molecule has 7 N–H and O–H groups in total. The summed E-state index contributed by atoms with van der Waals surface area (Å²) in [6.07, 6.45) is -4.60. The first-order valence-corrected chi connectivity index (χ1v) is 15.6. The molecule has 0 saturated carbocycles. The molecule has 0 radical (unpaired) electrons. The van der Waals surface area contributed by atoms with Crippen molar-refractivity contribution in [2.24, 2.45) is 10.8 Å². The molecule has 6 rings (SSSR count). The number of rotatable bonds is 7. The Bertz CT molecular complexity index is 1870. The fourth-order valence-electron chi connectivity index (χ4n) is 6.71. The first-order chi connectivity index (χ1) is 23.3. The number of methoxy groups -OCH3 is 2. The number of hydrazone groups is 1. The quantitative estimate of drug-likeness (QED) is 0.0926. The number of nitrogens with one attached hydrogen (secondary N) is 1. The summed E-state index contributed by atoms with van der Waals surface area (Å²) in [4.78, 5) is 40.6. The molecule has 266 valence electrons. The van der Waals surface area contributed by atoms with Crippen molar-refractivity contribution >= 4 is 35.6 Å². The van der Waals surface area contributed by atoms with Crippen molar-refractivity contribution in [3.8, 4) is 23.0 Å². The Labute approximate surface area is 293 Å². The number of benzene rings is 3.